The summed E-state index contributed by atoms with van der Waals surface area (Å²) in [5, 5.41) is -1.33. The SMILES string of the molecule is COC(=O)C(C)[C@H]1CN([C@H](C)c2ccccc2)C(=O)[C@@H]1S(=O)(=O)c1ccccc1. The second-order valence-corrected chi connectivity index (χ2v) is 9.40. The molecule has 1 unspecified atom stereocenters. The van der Waals surface area contributed by atoms with Crippen molar-refractivity contribution in [1.82, 2.24) is 4.90 Å². The Morgan fingerprint density at radius 2 is 1.59 bits per heavy atom. The number of likely N-dealkylation sites (tertiary alicyclic amines) is 1. The van der Waals surface area contributed by atoms with Crippen molar-refractivity contribution in [1.29, 1.82) is 0 Å². The Morgan fingerprint density at radius 3 is 2.14 bits per heavy atom. The minimum atomic E-state index is -3.97. The van der Waals surface area contributed by atoms with E-state index in [4.69, 9.17) is 4.74 Å². The molecule has 1 aliphatic rings. The fourth-order valence-corrected chi connectivity index (χ4v) is 5.93. The molecule has 6 nitrogen and oxygen atoms in total. The third-order valence-electron chi connectivity index (χ3n) is 5.69. The summed E-state index contributed by atoms with van der Waals surface area (Å²) >= 11 is 0. The monoisotopic (exact) mass is 415 g/mol. The summed E-state index contributed by atoms with van der Waals surface area (Å²) in [6, 6.07) is 17.0. The number of rotatable bonds is 6. The van der Waals surface area contributed by atoms with E-state index in [1.165, 1.54) is 19.2 Å². The third-order valence-corrected chi connectivity index (χ3v) is 7.84. The van der Waals surface area contributed by atoms with Crippen LogP contribution in [-0.4, -0.2) is 44.1 Å². The first kappa shape index (κ1) is 21.0. The van der Waals surface area contributed by atoms with Crippen LogP contribution in [0.4, 0.5) is 0 Å². The van der Waals surface area contributed by atoms with E-state index in [1.54, 1.807) is 30.0 Å². The highest BCUT2D eigenvalue weighted by molar-refractivity contribution is 7.92. The number of carbonyl (C=O) groups excluding carboxylic acids is 2. The Kier molecular flexibility index (Phi) is 6.07. The van der Waals surface area contributed by atoms with Gasteiger partial charge in [0.25, 0.3) is 0 Å². The quantitative estimate of drug-likeness (QED) is 0.678. The molecule has 0 spiro atoms. The molecule has 3 rings (SSSR count). The standard InChI is InChI=1S/C22H25NO5S/c1-15(22(25)28-3)19-14-23(16(2)17-10-6-4-7-11-17)21(24)20(19)29(26,27)18-12-8-5-9-13-18/h4-13,15-16,19-20H,14H2,1-3H3/t15?,16-,19-,20-/m1/s1. The Labute approximate surface area is 171 Å². The highest BCUT2D eigenvalue weighted by atomic mass is 32.2. The molecule has 154 valence electrons. The maximum atomic E-state index is 13.4. The van der Waals surface area contributed by atoms with E-state index in [0.717, 1.165) is 5.56 Å². The summed E-state index contributed by atoms with van der Waals surface area (Å²) in [6.07, 6.45) is 0. The summed E-state index contributed by atoms with van der Waals surface area (Å²) in [7, 11) is -2.71. The van der Waals surface area contributed by atoms with Crippen LogP contribution in [0.15, 0.2) is 65.6 Å². The van der Waals surface area contributed by atoms with Gasteiger partial charge in [-0.3, -0.25) is 9.59 Å². The Balaban J connectivity index is 2.03. The molecular weight excluding hydrogens is 390 g/mol. The number of carbonyl (C=O) groups is 2. The number of hydrogen-bond donors (Lipinski definition) is 0. The predicted molar refractivity (Wildman–Crippen MR) is 109 cm³/mol. The van der Waals surface area contributed by atoms with Crippen molar-refractivity contribution in [2.45, 2.75) is 30.0 Å². The van der Waals surface area contributed by atoms with Gasteiger partial charge in [0.15, 0.2) is 9.84 Å². The molecule has 1 heterocycles. The molecule has 1 aliphatic heterocycles. The lowest BCUT2D eigenvalue weighted by Gasteiger charge is -2.25. The topological polar surface area (TPSA) is 80.8 Å². The van der Waals surface area contributed by atoms with Crippen molar-refractivity contribution >= 4 is 21.7 Å². The second-order valence-electron chi connectivity index (χ2n) is 7.33. The number of benzene rings is 2. The normalized spacial score (nSPS) is 21.6. The van der Waals surface area contributed by atoms with E-state index in [0.29, 0.717) is 0 Å². The van der Waals surface area contributed by atoms with Gasteiger partial charge in [-0.15, -0.1) is 0 Å². The predicted octanol–water partition coefficient (Wildman–Crippen LogP) is 2.86. The van der Waals surface area contributed by atoms with E-state index < -0.39 is 38.8 Å². The van der Waals surface area contributed by atoms with Gasteiger partial charge in [0.05, 0.1) is 24.0 Å². The van der Waals surface area contributed by atoms with Crippen molar-refractivity contribution in [3.05, 3.63) is 66.2 Å². The molecule has 29 heavy (non-hydrogen) atoms. The molecule has 0 bridgehead atoms. The van der Waals surface area contributed by atoms with Crippen LogP contribution in [0.5, 0.6) is 0 Å². The van der Waals surface area contributed by atoms with Gasteiger partial charge in [0, 0.05) is 12.5 Å². The molecule has 0 aliphatic carbocycles. The van der Waals surface area contributed by atoms with Gasteiger partial charge in [-0.05, 0) is 24.6 Å². The number of amides is 1. The van der Waals surface area contributed by atoms with E-state index in [9.17, 15) is 18.0 Å². The zero-order valence-corrected chi connectivity index (χ0v) is 17.5. The molecule has 7 heteroatoms. The molecule has 1 amide bonds. The molecule has 2 aromatic rings. The summed E-state index contributed by atoms with van der Waals surface area (Å²) in [5.41, 5.74) is 0.906. The summed E-state index contributed by atoms with van der Waals surface area (Å²) in [6.45, 7) is 3.65. The maximum absolute atomic E-state index is 13.4. The van der Waals surface area contributed by atoms with Crippen LogP contribution in [0.1, 0.15) is 25.5 Å². The van der Waals surface area contributed by atoms with Crippen molar-refractivity contribution in [3.63, 3.8) is 0 Å². The third kappa shape index (κ3) is 3.92. The van der Waals surface area contributed by atoms with Crippen LogP contribution < -0.4 is 0 Å². The number of sulfone groups is 1. The van der Waals surface area contributed by atoms with Crippen LogP contribution in [0.2, 0.25) is 0 Å². The summed E-state index contributed by atoms with van der Waals surface area (Å²) in [4.78, 5) is 27.2. The van der Waals surface area contributed by atoms with Gasteiger partial charge in [-0.1, -0.05) is 55.5 Å². The van der Waals surface area contributed by atoms with Gasteiger partial charge in [-0.2, -0.15) is 0 Å². The smallest absolute Gasteiger partial charge is 0.308 e. The van der Waals surface area contributed by atoms with Crippen LogP contribution in [-0.2, 0) is 24.2 Å². The molecule has 4 atom stereocenters. The number of methoxy groups -OCH3 is 1. The van der Waals surface area contributed by atoms with Crippen molar-refractivity contribution in [2.75, 3.05) is 13.7 Å². The number of esters is 1. The fraction of sp³-hybridized carbons (Fsp3) is 0.364. The van der Waals surface area contributed by atoms with Gasteiger partial charge in [-0.25, -0.2) is 8.42 Å². The molecule has 1 saturated heterocycles. The average Bonchev–Trinajstić information content (AvgIpc) is 3.11. The molecule has 0 saturated carbocycles. The van der Waals surface area contributed by atoms with Gasteiger partial charge < -0.3 is 9.64 Å². The maximum Gasteiger partial charge on any atom is 0.308 e. The van der Waals surface area contributed by atoms with Crippen LogP contribution in [0, 0.1) is 11.8 Å². The average molecular weight is 416 g/mol. The lowest BCUT2D eigenvalue weighted by molar-refractivity contribution is -0.146. The highest BCUT2D eigenvalue weighted by Gasteiger charge is 2.53. The Hall–Kier alpha value is -2.67. The zero-order chi connectivity index (χ0) is 21.2. The minimum absolute atomic E-state index is 0.0784. The van der Waals surface area contributed by atoms with Crippen LogP contribution >= 0.6 is 0 Å². The van der Waals surface area contributed by atoms with Crippen molar-refractivity contribution in [2.24, 2.45) is 11.8 Å². The van der Waals surface area contributed by atoms with Crippen LogP contribution in [0.25, 0.3) is 0 Å². The summed E-state index contributed by atoms with van der Waals surface area (Å²) in [5.74, 6) is -2.44. The number of nitrogens with zero attached hydrogens (tertiary/aromatic N) is 1. The molecule has 0 N–H and O–H groups in total. The number of ether oxygens (including phenoxy) is 1. The first-order chi connectivity index (χ1) is 13.8. The highest BCUT2D eigenvalue weighted by Crippen LogP contribution is 2.38. The second kappa shape index (κ2) is 8.37. The van der Waals surface area contributed by atoms with E-state index in [1.807, 2.05) is 37.3 Å². The molecule has 1 fully saturated rings. The minimum Gasteiger partial charge on any atom is -0.469 e. The molecule has 0 aromatic heterocycles. The first-order valence-electron chi connectivity index (χ1n) is 9.51. The lowest BCUT2D eigenvalue weighted by atomic mass is 9.93. The Bertz CT molecular complexity index is 975. The van der Waals surface area contributed by atoms with Crippen LogP contribution in [0.3, 0.4) is 0 Å². The van der Waals surface area contributed by atoms with E-state index in [-0.39, 0.29) is 17.5 Å². The molecule has 0 radical (unpaired) electrons. The first-order valence-corrected chi connectivity index (χ1v) is 11.1. The van der Waals surface area contributed by atoms with Gasteiger partial charge in [0.1, 0.15) is 5.25 Å². The molecule has 2 aromatic carbocycles. The zero-order valence-electron chi connectivity index (χ0n) is 16.7. The largest absolute Gasteiger partial charge is 0.469 e. The van der Waals surface area contributed by atoms with Crippen molar-refractivity contribution in [3.8, 4) is 0 Å². The van der Waals surface area contributed by atoms with E-state index >= 15 is 0 Å². The van der Waals surface area contributed by atoms with Gasteiger partial charge in [0.2, 0.25) is 5.91 Å². The number of hydrogen-bond acceptors (Lipinski definition) is 5. The van der Waals surface area contributed by atoms with E-state index in [2.05, 4.69) is 0 Å². The fourth-order valence-electron chi connectivity index (χ4n) is 3.92. The van der Waals surface area contributed by atoms with Crippen molar-refractivity contribution < 1.29 is 22.7 Å². The Morgan fingerprint density at radius 1 is 1.03 bits per heavy atom. The summed E-state index contributed by atoms with van der Waals surface area (Å²) < 4.78 is 31.6. The lowest BCUT2D eigenvalue weighted by Crippen LogP contribution is -2.39. The molecular formula is C22H25NO5S. The van der Waals surface area contributed by atoms with Gasteiger partial charge >= 0.3 is 5.97 Å².